The van der Waals surface area contributed by atoms with E-state index in [4.69, 9.17) is 0 Å². The van der Waals surface area contributed by atoms with E-state index in [0.717, 1.165) is 36.0 Å². The van der Waals surface area contributed by atoms with Gasteiger partial charge in [-0.2, -0.15) is 0 Å². The van der Waals surface area contributed by atoms with Gasteiger partial charge in [0, 0.05) is 17.6 Å². The van der Waals surface area contributed by atoms with Crippen molar-refractivity contribution < 1.29 is 0 Å². The molecule has 1 saturated carbocycles. The Morgan fingerprint density at radius 2 is 1.85 bits per heavy atom. The van der Waals surface area contributed by atoms with Crippen LogP contribution in [0.25, 0.3) is 10.9 Å². The summed E-state index contributed by atoms with van der Waals surface area (Å²) in [7, 11) is 2.05. The van der Waals surface area contributed by atoms with Crippen molar-refractivity contribution in [3.8, 4) is 0 Å². The molecule has 0 bridgehead atoms. The normalized spacial score (nSPS) is 15.7. The Balaban J connectivity index is 1.62. The fraction of sp³-hybridized carbons (Fsp3) is 0.407. The van der Waals surface area contributed by atoms with Gasteiger partial charge in [-0.05, 0) is 71.4 Å². The predicted octanol–water partition coefficient (Wildman–Crippen LogP) is 4.80. The Bertz CT molecular complexity index is 1310. The Kier molecular flexibility index (Phi) is 6.54. The summed E-state index contributed by atoms with van der Waals surface area (Å²) in [5.74, 6) is 0.738. The molecule has 34 heavy (non-hydrogen) atoms. The molecule has 1 aliphatic carbocycles. The Morgan fingerprint density at radius 1 is 1.06 bits per heavy atom. The van der Waals surface area contributed by atoms with Crippen molar-refractivity contribution in [1.29, 1.82) is 0 Å². The molecule has 2 aromatic carbocycles. The average Bonchev–Trinajstić information content (AvgIpc) is 3.35. The van der Waals surface area contributed by atoms with E-state index in [0.29, 0.717) is 12.1 Å². The first-order chi connectivity index (χ1) is 16.6. The van der Waals surface area contributed by atoms with Crippen molar-refractivity contribution in [3.63, 3.8) is 0 Å². The molecule has 0 saturated heterocycles. The Morgan fingerprint density at radius 3 is 2.62 bits per heavy atom. The first kappa shape index (κ1) is 22.5. The highest BCUT2D eigenvalue weighted by molar-refractivity contribution is 5.80. The summed E-state index contributed by atoms with van der Waals surface area (Å²) in [6.45, 7) is 2.82. The van der Waals surface area contributed by atoms with Crippen molar-refractivity contribution >= 4 is 10.9 Å². The number of hydrogen-bond acceptors (Lipinski definition) is 5. The van der Waals surface area contributed by atoms with Crippen molar-refractivity contribution in [2.75, 3.05) is 7.05 Å². The fourth-order valence-corrected chi connectivity index (χ4v) is 5.20. The predicted molar refractivity (Wildman–Crippen MR) is 134 cm³/mol. The molecule has 7 heteroatoms. The second kappa shape index (κ2) is 9.89. The van der Waals surface area contributed by atoms with Crippen LogP contribution < -0.4 is 5.56 Å². The molecule has 176 valence electrons. The van der Waals surface area contributed by atoms with Crippen LogP contribution in [0.1, 0.15) is 73.6 Å². The number of rotatable bonds is 7. The van der Waals surface area contributed by atoms with E-state index in [1.54, 1.807) is 0 Å². The van der Waals surface area contributed by atoms with Gasteiger partial charge in [-0.15, -0.1) is 5.10 Å². The standard InChI is InChI=1S/C27H32N6O/c1-3-19-14-15-24-21(16-19)17-23(27(34)28-24)25(32(2)18-20-10-6-4-7-11-20)26-29-30-31-33(26)22-12-8-5-9-13-22/h4,6-7,10-11,14-17,22,25H,3,5,8-9,12-13,18H2,1-2H3,(H,28,34). The number of hydrogen-bond donors (Lipinski definition) is 1. The number of nitrogens with one attached hydrogen (secondary N) is 1. The van der Waals surface area contributed by atoms with Gasteiger partial charge in [0.25, 0.3) is 5.56 Å². The zero-order valence-corrected chi connectivity index (χ0v) is 19.9. The van der Waals surface area contributed by atoms with E-state index in [-0.39, 0.29) is 17.6 Å². The van der Waals surface area contributed by atoms with Gasteiger partial charge in [-0.3, -0.25) is 9.69 Å². The van der Waals surface area contributed by atoms with E-state index < -0.39 is 0 Å². The molecular weight excluding hydrogens is 424 g/mol. The van der Waals surface area contributed by atoms with Crippen LogP contribution in [0.4, 0.5) is 0 Å². The molecule has 2 aromatic heterocycles. The Hall–Kier alpha value is -3.32. The summed E-state index contributed by atoms with van der Waals surface area (Å²) in [5.41, 5.74) is 3.84. The van der Waals surface area contributed by atoms with Gasteiger partial charge < -0.3 is 4.98 Å². The van der Waals surface area contributed by atoms with E-state index in [1.807, 2.05) is 42.1 Å². The third-order valence-electron chi connectivity index (χ3n) is 7.04. The minimum absolute atomic E-state index is 0.0974. The molecule has 2 heterocycles. The van der Waals surface area contributed by atoms with Crippen molar-refractivity contribution in [1.82, 2.24) is 30.1 Å². The molecule has 0 radical (unpaired) electrons. The van der Waals surface area contributed by atoms with Gasteiger partial charge >= 0.3 is 0 Å². The summed E-state index contributed by atoms with van der Waals surface area (Å²) in [5, 5.41) is 14.0. The van der Waals surface area contributed by atoms with Gasteiger partial charge in [0.15, 0.2) is 5.82 Å². The van der Waals surface area contributed by atoms with E-state index in [9.17, 15) is 4.79 Å². The molecule has 1 atom stereocenters. The number of fused-ring (bicyclic) bond motifs is 1. The summed E-state index contributed by atoms with van der Waals surface area (Å²) in [4.78, 5) is 18.7. The minimum Gasteiger partial charge on any atom is -0.322 e. The first-order valence-corrected chi connectivity index (χ1v) is 12.3. The highest BCUT2D eigenvalue weighted by Crippen LogP contribution is 2.33. The maximum Gasteiger partial charge on any atom is 0.253 e. The maximum absolute atomic E-state index is 13.4. The van der Waals surface area contributed by atoms with Crippen LogP contribution in [0.5, 0.6) is 0 Å². The Labute approximate surface area is 199 Å². The van der Waals surface area contributed by atoms with E-state index >= 15 is 0 Å². The number of pyridine rings is 1. The summed E-state index contributed by atoms with van der Waals surface area (Å²) < 4.78 is 1.98. The van der Waals surface area contributed by atoms with Crippen LogP contribution in [0, 0.1) is 0 Å². The molecular formula is C27H32N6O. The van der Waals surface area contributed by atoms with Crippen molar-refractivity contribution in [2.24, 2.45) is 0 Å². The molecule has 1 aliphatic rings. The fourth-order valence-electron chi connectivity index (χ4n) is 5.20. The summed E-state index contributed by atoms with van der Waals surface area (Å²) >= 11 is 0. The lowest BCUT2D eigenvalue weighted by Gasteiger charge is -2.30. The van der Waals surface area contributed by atoms with E-state index in [1.165, 1.54) is 30.4 Å². The minimum atomic E-state index is -0.365. The van der Waals surface area contributed by atoms with Gasteiger partial charge in [0.05, 0.1) is 6.04 Å². The number of aryl methyl sites for hydroxylation is 1. The number of benzene rings is 2. The lowest BCUT2D eigenvalue weighted by Crippen LogP contribution is -2.33. The highest BCUT2D eigenvalue weighted by Gasteiger charge is 2.31. The van der Waals surface area contributed by atoms with Crippen LogP contribution in [-0.4, -0.2) is 37.1 Å². The highest BCUT2D eigenvalue weighted by atomic mass is 16.1. The monoisotopic (exact) mass is 456 g/mol. The van der Waals surface area contributed by atoms with Gasteiger partial charge in [0.2, 0.25) is 0 Å². The zero-order valence-electron chi connectivity index (χ0n) is 19.9. The lowest BCUT2D eigenvalue weighted by molar-refractivity contribution is 0.236. The number of aromatic amines is 1. The number of nitrogens with zero attached hydrogens (tertiary/aromatic N) is 5. The maximum atomic E-state index is 13.4. The summed E-state index contributed by atoms with van der Waals surface area (Å²) in [6.07, 6.45) is 6.72. The molecule has 0 spiro atoms. The number of H-pyrrole nitrogens is 1. The average molecular weight is 457 g/mol. The second-order valence-electron chi connectivity index (χ2n) is 9.41. The molecule has 1 N–H and O–H groups in total. The van der Waals surface area contributed by atoms with Crippen LogP contribution >= 0.6 is 0 Å². The second-order valence-corrected chi connectivity index (χ2v) is 9.41. The van der Waals surface area contributed by atoms with Gasteiger partial charge in [-0.25, -0.2) is 4.68 Å². The number of aromatic nitrogens is 5. The molecule has 1 unspecified atom stereocenters. The molecule has 4 aromatic rings. The summed E-state index contributed by atoms with van der Waals surface area (Å²) in [6, 6.07) is 18.5. The van der Waals surface area contributed by atoms with Gasteiger partial charge in [0.1, 0.15) is 6.04 Å². The molecule has 0 aliphatic heterocycles. The molecule has 5 rings (SSSR count). The third-order valence-corrected chi connectivity index (χ3v) is 7.04. The van der Waals surface area contributed by atoms with Gasteiger partial charge in [-0.1, -0.05) is 62.6 Å². The zero-order chi connectivity index (χ0) is 23.5. The van der Waals surface area contributed by atoms with Crippen LogP contribution in [0.3, 0.4) is 0 Å². The first-order valence-electron chi connectivity index (χ1n) is 12.3. The smallest absolute Gasteiger partial charge is 0.253 e. The lowest BCUT2D eigenvalue weighted by atomic mass is 9.95. The molecule has 7 nitrogen and oxygen atoms in total. The topological polar surface area (TPSA) is 79.7 Å². The molecule has 0 amide bonds. The largest absolute Gasteiger partial charge is 0.322 e. The van der Waals surface area contributed by atoms with Crippen LogP contribution in [0.15, 0.2) is 59.4 Å². The van der Waals surface area contributed by atoms with E-state index in [2.05, 4.69) is 56.6 Å². The van der Waals surface area contributed by atoms with Crippen LogP contribution in [0.2, 0.25) is 0 Å². The molecule has 1 fully saturated rings. The van der Waals surface area contributed by atoms with Crippen molar-refractivity contribution in [2.45, 2.75) is 64.1 Å². The van der Waals surface area contributed by atoms with Crippen molar-refractivity contribution in [3.05, 3.63) is 87.5 Å². The van der Waals surface area contributed by atoms with Crippen LogP contribution in [-0.2, 0) is 13.0 Å². The SMILES string of the molecule is CCc1ccc2[nH]c(=O)c(C(c3nnnn3C3CCCCC3)N(C)Cc3ccccc3)cc2c1. The third kappa shape index (κ3) is 4.53. The number of tetrazole rings is 1. The quantitative estimate of drug-likeness (QED) is 0.432.